The zero-order valence-corrected chi connectivity index (χ0v) is 12.7. The summed E-state index contributed by atoms with van der Waals surface area (Å²) in [6, 6.07) is 16.2. The third-order valence-corrected chi connectivity index (χ3v) is 3.46. The van der Waals surface area contributed by atoms with Crippen LogP contribution < -0.4 is 5.32 Å². The smallest absolute Gasteiger partial charge is 0.108 e. The summed E-state index contributed by atoms with van der Waals surface area (Å²) in [7, 11) is 1.95. The molecule has 0 amide bonds. The molecular weight excluding hydrogens is 270 g/mol. The molecule has 2 nitrogen and oxygen atoms in total. The first-order valence-corrected chi connectivity index (χ1v) is 7.23. The van der Waals surface area contributed by atoms with Crippen LogP contribution in [0.2, 0.25) is 5.02 Å². The van der Waals surface area contributed by atoms with Gasteiger partial charge in [-0.15, -0.1) is 0 Å². The van der Waals surface area contributed by atoms with Crippen LogP contribution in [-0.4, -0.2) is 13.7 Å². The van der Waals surface area contributed by atoms with Gasteiger partial charge in [-0.05, 0) is 42.8 Å². The minimum Gasteiger partial charge on any atom is -0.369 e. The number of benzene rings is 2. The maximum atomic E-state index is 5.97. The van der Waals surface area contributed by atoms with Gasteiger partial charge in [-0.1, -0.05) is 48.0 Å². The Kier molecular flexibility index (Phi) is 5.60. The SMILES string of the molecule is CCO[C@@H](c1ccc(Cl)cc1)c1ccccc1CNC. The van der Waals surface area contributed by atoms with Crippen LogP contribution in [0.5, 0.6) is 0 Å². The molecular formula is C17H20ClNO. The van der Waals surface area contributed by atoms with Crippen LogP contribution in [0.4, 0.5) is 0 Å². The normalized spacial score (nSPS) is 12.3. The molecule has 0 heterocycles. The summed E-state index contributed by atoms with van der Waals surface area (Å²) in [6.07, 6.45) is -0.0539. The predicted octanol–water partition coefficient (Wildman–Crippen LogP) is 4.19. The highest BCUT2D eigenvalue weighted by molar-refractivity contribution is 6.30. The number of ether oxygens (including phenoxy) is 1. The van der Waals surface area contributed by atoms with E-state index in [-0.39, 0.29) is 6.10 Å². The van der Waals surface area contributed by atoms with Gasteiger partial charge in [0.25, 0.3) is 0 Å². The van der Waals surface area contributed by atoms with Crippen molar-refractivity contribution in [3.63, 3.8) is 0 Å². The molecule has 20 heavy (non-hydrogen) atoms. The monoisotopic (exact) mass is 289 g/mol. The molecule has 0 unspecified atom stereocenters. The molecule has 0 radical (unpaired) electrons. The Labute approximate surface area is 125 Å². The Hall–Kier alpha value is -1.35. The van der Waals surface area contributed by atoms with Gasteiger partial charge < -0.3 is 10.1 Å². The molecule has 2 rings (SSSR count). The van der Waals surface area contributed by atoms with Gasteiger partial charge in [0.05, 0.1) is 0 Å². The number of rotatable bonds is 6. The van der Waals surface area contributed by atoms with E-state index in [9.17, 15) is 0 Å². The summed E-state index contributed by atoms with van der Waals surface area (Å²) in [6.45, 7) is 3.51. The molecule has 2 aromatic carbocycles. The van der Waals surface area contributed by atoms with Gasteiger partial charge in [-0.3, -0.25) is 0 Å². The summed E-state index contributed by atoms with van der Waals surface area (Å²) in [5.74, 6) is 0. The molecule has 106 valence electrons. The van der Waals surface area contributed by atoms with Gasteiger partial charge in [0, 0.05) is 18.2 Å². The van der Waals surface area contributed by atoms with Gasteiger partial charge in [0.15, 0.2) is 0 Å². The largest absolute Gasteiger partial charge is 0.369 e. The second kappa shape index (κ2) is 7.44. The average molecular weight is 290 g/mol. The third-order valence-electron chi connectivity index (χ3n) is 3.21. The summed E-state index contributed by atoms with van der Waals surface area (Å²) < 4.78 is 5.97. The zero-order chi connectivity index (χ0) is 14.4. The number of hydrogen-bond acceptors (Lipinski definition) is 2. The molecule has 0 bridgehead atoms. The van der Waals surface area contributed by atoms with E-state index in [4.69, 9.17) is 16.3 Å². The predicted molar refractivity (Wildman–Crippen MR) is 84.1 cm³/mol. The lowest BCUT2D eigenvalue weighted by Crippen LogP contribution is -2.13. The first kappa shape index (κ1) is 15.0. The van der Waals surface area contributed by atoms with Gasteiger partial charge >= 0.3 is 0 Å². The molecule has 0 aliphatic rings. The molecule has 0 aliphatic carbocycles. The highest BCUT2D eigenvalue weighted by Crippen LogP contribution is 2.29. The molecule has 1 atom stereocenters. The lowest BCUT2D eigenvalue weighted by molar-refractivity contribution is 0.0907. The van der Waals surface area contributed by atoms with E-state index in [1.54, 1.807) is 0 Å². The molecule has 2 aromatic rings. The second-order valence-electron chi connectivity index (χ2n) is 4.62. The fourth-order valence-electron chi connectivity index (χ4n) is 2.31. The topological polar surface area (TPSA) is 21.3 Å². The highest BCUT2D eigenvalue weighted by Gasteiger charge is 2.17. The maximum absolute atomic E-state index is 5.97. The van der Waals surface area contributed by atoms with Gasteiger partial charge in [0.2, 0.25) is 0 Å². The van der Waals surface area contributed by atoms with Crippen molar-refractivity contribution in [2.75, 3.05) is 13.7 Å². The van der Waals surface area contributed by atoms with Crippen LogP contribution in [0.1, 0.15) is 29.7 Å². The van der Waals surface area contributed by atoms with Crippen molar-refractivity contribution in [2.24, 2.45) is 0 Å². The van der Waals surface area contributed by atoms with E-state index in [0.29, 0.717) is 6.61 Å². The third kappa shape index (κ3) is 3.60. The molecule has 0 saturated heterocycles. The van der Waals surface area contributed by atoms with E-state index in [0.717, 1.165) is 17.1 Å². The maximum Gasteiger partial charge on any atom is 0.108 e. The minimum absolute atomic E-state index is 0.0539. The number of hydrogen-bond donors (Lipinski definition) is 1. The Bertz CT molecular complexity index is 539. The van der Waals surface area contributed by atoms with E-state index in [2.05, 4.69) is 29.6 Å². The standard InChI is InChI=1S/C17H20ClNO/c1-3-20-17(13-8-10-15(18)11-9-13)16-7-5-4-6-14(16)12-19-2/h4-11,17,19H,3,12H2,1-2H3/t17-/m0/s1. The number of nitrogens with one attached hydrogen (secondary N) is 1. The van der Waals surface area contributed by atoms with Crippen LogP contribution in [0, 0.1) is 0 Å². The Morgan fingerprint density at radius 1 is 1.10 bits per heavy atom. The molecule has 0 aromatic heterocycles. The van der Waals surface area contributed by atoms with Crippen LogP contribution in [0.25, 0.3) is 0 Å². The molecule has 3 heteroatoms. The van der Waals surface area contributed by atoms with Crippen molar-refractivity contribution < 1.29 is 4.74 Å². The van der Waals surface area contributed by atoms with E-state index in [1.165, 1.54) is 11.1 Å². The first-order valence-electron chi connectivity index (χ1n) is 6.85. The van der Waals surface area contributed by atoms with E-state index >= 15 is 0 Å². The fraction of sp³-hybridized carbons (Fsp3) is 0.294. The van der Waals surface area contributed by atoms with Crippen LogP contribution in [-0.2, 0) is 11.3 Å². The van der Waals surface area contributed by atoms with Crippen molar-refractivity contribution in [3.8, 4) is 0 Å². The summed E-state index contributed by atoms with van der Waals surface area (Å²) >= 11 is 5.97. The van der Waals surface area contributed by atoms with E-state index < -0.39 is 0 Å². The fourth-order valence-corrected chi connectivity index (χ4v) is 2.44. The molecule has 0 fully saturated rings. The summed E-state index contributed by atoms with van der Waals surface area (Å²) in [5, 5.41) is 3.95. The van der Waals surface area contributed by atoms with Crippen molar-refractivity contribution in [2.45, 2.75) is 19.6 Å². The first-order chi connectivity index (χ1) is 9.76. The molecule has 0 saturated carbocycles. The summed E-state index contributed by atoms with van der Waals surface area (Å²) in [5.41, 5.74) is 3.58. The lowest BCUT2D eigenvalue weighted by Gasteiger charge is -2.21. The lowest BCUT2D eigenvalue weighted by atomic mass is 9.96. The minimum atomic E-state index is -0.0539. The summed E-state index contributed by atoms with van der Waals surface area (Å²) in [4.78, 5) is 0. The quantitative estimate of drug-likeness (QED) is 0.861. The molecule has 0 aliphatic heterocycles. The van der Waals surface area contributed by atoms with Crippen molar-refractivity contribution >= 4 is 11.6 Å². The number of halogens is 1. The Balaban J connectivity index is 2.40. The Morgan fingerprint density at radius 3 is 2.45 bits per heavy atom. The van der Waals surface area contributed by atoms with Crippen LogP contribution in [0.3, 0.4) is 0 Å². The van der Waals surface area contributed by atoms with Crippen molar-refractivity contribution in [1.29, 1.82) is 0 Å². The van der Waals surface area contributed by atoms with E-state index in [1.807, 2.05) is 38.2 Å². The van der Waals surface area contributed by atoms with Crippen molar-refractivity contribution in [3.05, 3.63) is 70.2 Å². The molecule has 1 N–H and O–H groups in total. The molecule has 0 spiro atoms. The van der Waals surface area contributed by atoms with Crippen LogP contribution >= 0.6 is 11.6 Å². The Morgan fingerprint density at radius 2 is 1.80 bits per heavy atom. The van der Waals surface area contributed by atoms with Gasteiger partial charge in [-0.2, -0.15) is 0 Å². The van der Waals surface area contributed by atoms with Gasteiger partial charge in [0.1, 0.15) is 6.10 Å². The second-order valence-corrected chi connectivity index (χ2v) is 5.05. The average Bonchev–Trinajstić information content (AvgIpc) is 2.47. The van der Waals surface area contributed by atoms with Gasteiger partial charge in [-0.25, -0.2) is 0 Å². The van der Waals surface area contributed by atoms with Crippen molar-refractivity contribution in [1.82, 2.24) is 5.32 Å². The highest BCUT2D eigenvalue weighted by atomic mass is 35.5. The zero-order valence-electron chi connectivity index (χ0n) is 11.9. The van der Waals surface area contributed by atoms with Crippen LogP contribution in [0.15, 0.2) is 48.5 Å².